The molecular formula is C23H31NO7. The van der Waals surface area contributed by atoms with Crippen LogP contribution in [0.4, 0.5) is 0 Å². The Bertz CT molecular complexity index is 865. The fourth-order valence-electron chi connectivity index (χ4n) is 4.23. The number of hydrogen-bond acceptors (Lipinski definition) is 6. The molecule has 3 N–H and O–H groups in total. The van der Waals surface area contributed by atoms with Gasteiger partial charge in [-0.05, 0) is 61.6 Å². The minimum absolute atomic E-state index is 0.0285. The summed E-state index contributed by atoms with van der Waals surface area (Å²) in [5.41, 5.74) is 1.77. The summed E-state index contributed by atoms with van der Waals surface area (Å²) in [5, 5.41) is 40.5. The van der Waals surface area contributed by atoms with Crippen molar-refractivity contribution in [2.75, 3.05) is 6.61 Å². The van der Waals surface area contributed by atoms with Crippen molar-refractivity contribution >= 4 is 5.97 Å². The van der Waals surface area contributed by atoms with Crippen molar-refractivity contribution in [2.45, 2.75) is 64.2 Å². The van der Waals surface area contributed by atoms with Crippen molar-refractivity contribution in [1.82, 2.24) is 0 Å². The van der Waals surface area contributed by atoms with Crippen LogP contribution >= 0.6 is 0 Å². The van der Waals surface area contributed by atoms with Gasteiger partial charge in [-0.15, -0.1) is 10.1 Å². The highest BCUT2D eigenvalue weighted by Gasteiger charge is 2.33. The normalized spacial score (nSPS) is 18.9. The van der Waals surface area contributed by atoms with E-state index >= 15 is 0 Å². The maximum absolute atomic E-state index is 11.5. The molecule has 1 aromatic rings. The second-order valence-corrected chi connectivity index (χ2v) is 8.84. The molecule has 31 heavy (non-hydrogen) atoms. The number of rotatable bonds is 10. The lowest BCUT2D eigenvalue weighted by Gasteiger charge is -2.32. The van der Waals surface area contributed by atoms with E-state index in [2.05, 4.69) is 11.4 Å². The summed E-state index contributed by atoms with van der Waals surface area (Å²) in [4.78, 5) is 26.0. The Hall–Kier alpha value is -3.03. The molecule has 1 aromatic carbocycles. The van der Waals surface area contributed by atoms with E-state index in [1.807, 2.05) is 20.8 Å². The number of allylic oxidation sites excluding steroid dienone is 2. The van der Waals surface area contributed by atoms with Gasteiger partial charge in [0.25, 0.3) is 5.09 Å². The predicted molar refractivity (Wildman–Crippen MR) is 116 cm³/mol. The summed E-state index contributed by atoms with van der Waals surface area (Å²) < 4.78 is 0. The van der Waals surface area contributed by atoms with Crippen LogP contribution in [0.15, 0.2) is 35.9 Å². The van der Waals surface area contributed by atoms with E-state index in [0.29, 0.717) is 37.7 Å². The maximum Gasteiger partial charge on any atom is 0.331 e. The molecule has 0 unspecified atom stereocenters. The SMILES string of the molecule is C=C(C)[C@H]1CCC(C(=O)O)=C[C@@H]1c1c(O)cc(C(C)(C)CCCCO[N+](=O)[O-])cc1O. The van der Waals surface area contributed by atoms with E-state index in [4.69, 9.17) is 0 Å². The van der Waals surface area contributed by atoms with Crippen molar-refractivity contribution in [3.8, 4) is 11.5 Å². The number of unbranched alkanes of at least 4 members (excludes halogenated alkanes) is 1. The number of aromatic hydroxyl groups is 2. The number of nitrogens with zero attached hydrogens (tertiary/aromatic N) is 1. The Morgan fingerprint density at radius 3 is 2.42 bits per heavy atom. The van der Waals surface area contributed by atoms with E-state index < -0.39 is 22.4 Å². The van der Waals surface area contributed by atoms with Crippen molar-refractivity contribution in [3.63, 3.8) is 0 Å². The number of phenolic OH excluding ortho intramolecular Hbond substituents is 2. The van der Waals surface area contributed by atoms with Crippen LogP contribution in [-0.4, -0.2) is 33.0 Å². The van der Waals surface area contributed by atoms with E-state index in [9.17, 15) is 30.2 Å². The average molecular weight is 434 g/mol. The highest BCUT2D eigenvalue weighted by atomic mass is 16.9. The summed E-state index contributed by atoms with van der Waals surface area (Å²) in [6, 6.07) is 3.22. The summed E-state index contributed by atoms with van der Waals surface area (Å²) in [7, 11) is 0. The highest BCUT2D eigenvalue weighted by Crippen LogP contribution is 2.47. The van der Waals surface area contributed by atoms with E-state index in [0.717, 1.165) is 11.1 Å². The van der Waals surface area contributed by atoms with Crippen LogP contribution < -0.4 is 0 Å². The van der Waals surface area contributed by atoms with E-state index in [-0.39, 0.29) is 29.6 Å². The summed E-state index contributed by atoms with van der Waals surface area (Å²) >= 11 is 0. The molecule has 1 aliphatic rings. The average Bonchev–Trinajstić information content (AvgIpc) is 2.66. The Morgan fingerprint density at radius 1 is 1.29 bits per heavy atom. The monoisotopic (exact) mass is 433 g/mol. The molecule has 0 bridgehead atoms. The van der Waals surface area contributed by atoms with Crippen LogP contribution in [-0.2, 0) is 15.0 Å². The molecule has 1 aliphatic carbocycles. The molecule has 0 saturated heterocycles. The lowest BCUT2D eigenvalue weighted by molar-refractivity contribution is -0.757. The first kappa shape index (κ1) is 24.2. The number of phenols is 2. The first-order valence-electron chi connectivity index (χ1n) is 10.4. The topological polar surface area (TPSA) is 130 Å². The lowest BCUT2D eigenvalue weighted by Crippen LogP contribution is -2.21. The van der Waals surface area contributed by atoms with Gasteiger partial charge in [0.15, 0.2) is 0 Å². The molecule has 2 atom stereocenters. The summed E-state index contributed by atoms with van der Waals surface area (Å²) in [6.07, 6.45) is 4.47. The number of hydrogen-bond donors (Lipinski definition) is 3. The van der Waals surface area contributed by atoms with Crippen LogP contribution in [0.1, 0.15) is 69.9 Å². The molecular weight excluding hydrogens is 402 g/mol. The third-order valence-corrected chi connectivity index (χ3v) is 6.09. The fraction of sp³-hybridized carbons (Fsp3) is 0.522. The van der Waals surface area contributed by atoms with E-state index in [1.165, 1.54) is 0 Å². The van der Waals surface area contributed by atoms with Gasteiger partial charge in [0.2, 0.25) is 0 Å². The molecule has 0 heterocycles. The number of aliphatic carboxylic acids is 1. The zero-order chi connectivity index (χ0) is 23.3. The Balaban J connectivity index is 2.29. The van der Waals surface area contributed by atoms with Gasteiger partial charge in [-0.2, -0.15) is 0 Å². The lowest BCUT2D eigenvalue weighted by atomic mass is 9.72. The maximum atomic E-state index is 11.5. The summed E-state index contributed by atoms with van der Waals surface area (Å²) in [6.45, 7) is 9.84. The second kappa shape index (κ2) is 9.85. The van der Waals surface area contributed by atoms with Gasteiger partial charge in [-0.3, -0.25) is 0 Å². The van der Waals surface area contributed by atoms with Crippen LogP contribution in [0.2, 0.25) is 0 Å². The first-order chi connectivity index (χ1) is 14.4. The molecule has 0 amide bonds. The molecule has 0 aromatic heterocycles. The van der Waals surface area contributed by atoms with Gasteiger partial charge in [-0.1, -0.05) is 38.5 Å². The van der Waals surface area contributed by atoms with Gasteiger partial charge in [0.05, 0.1) is 6.61 Å². The van der Waals surface area contributed by atoms with Gasteiger partial charge >= 0.3 is 5.97 Å². The molecule has 0 spiro atoms. The van der Waals surface area contributed by atoms with Gasteiger partial charge in [0, 0.05) is 17.1 Å². The highest BCUT2D eigenvalue weighted by molar-refractivity contribution is 5.87. The van der Waals surface area contributed by atoms with Gasteiger partial charge < -0.3 is 20.2 Å². The predicted octanol–water partition coefficient (Wildman–Crippen LogP) is 4.83. The standard InChI is InChI=1S/C23H31NO7/c1-14(2)17-8-7-15(22(27)28)11-18(17)21-19(25)12-16(13-20(21)26)23(3,4)9-5-6-10-31-24(29)30/h11-13,17-18,25-26H,1,5-10H2,2-4H3,(H,27,28)/t17-,18+/m1/s1. The van der Waals surface area contributed by atoms with Crippen molar-refractivity contribution in [1.29, 1.82) is 0 Å². The largest absolute Gasteiger partial charge is 0.507 e. The molecule has 0 fully saturated rings. The second-order valence-electron chi connectivity index (χ2n) is 8.84. The van der Waals surface area contributed by atoms with Crippen LogP contribution in [0, 0.1) is 16.0 Å². The molecule has 2 rings (SSSR count). The third-order valence-electron chi connectivity index (χ3n) is 6.09. The quantitative estimate of drug-likeness (QED) is 0.208. The smallest absolute Gasteiger partial charge is 0.331 e. The zero-order valence-corrected chi connectivity index (χ0v) is 18.3. The number of carboxylic acid groups (broad SMARTS) is 1. The Labute approximate surface area is 182 Å². The number of benzene rings is 1. The minimum Gasteiger partial charge on any atom is -0.507 e. The van der Waals surface area contributed by atoms with Crippen molar-refractivity contribution in [3.05, 3.63) is 57.2 Å². The Morgan fingerprint density at radius 2 is 1.90 bits per heavy atom. The zero-order valence-electron chi connectivity index (χ0n) is 18.3. The van der Waals surface area contributed by atoms with Gasteiger partial charge in [-0.25, -0.2) is 4.79 Å². The molecule has 0 saturated carbocycles. The minimum atomic E-state index is -0.997. The van der Waals surface area contributed by atoms with Crippen LogP contribution in [0.25, 0.3) is 0 Å². The summed E-state index contributed by atoms with van der Waals surface area (Å²) in [5.74, 6) is -1.73. The third kappa shape index (κ3) is 5.99. The number of carboxylic acids is 1. The Kier molecular flexibility index (Phi) is 7.70. The molecule has 0 radical (unpaired) electrons. The molecule has 8 nitrogen and oxygen atoms in total. The van der Waals surface area contributed by atoms with Gasteiger partial charge in [0.1, 0.15) is 11.5 Å². The molecule has 8 heteroatoms. The number of carbonyl (C=O) groups is 1. The molecule has 0 aliphatic heterocycles. The first-order valence-corrected chi connectivity index (χ1v) is 10.4. The molecule has 170 valence electrons. The van der Waals surface area contributed by atoms with Crippen molar-refractivity contribution < 1.29 is 30.0 Å². The van der Waals surface area contributed by atoms with Crippen LogP contribution in [0.5, 0.6) is 11.5 Å². The van der Waals surface area contributed by atoms with Crippen molar-refractivity contribution in [2.24, 2.45) is 5.92 Å². The van der Waals surface area contributed by atoms with E-state index in [1.54, 1.807) is 18.2 Å². The van der Waals surface area contributed by atoms with Crippen LogP contribution in [0.3, 0.4) is 0 Å². The fourth-order valence-corrected chi connectivity index (χ4v) is 4.23.